The first-order valence-electron chi connectivity index (χ1n) is 6.89. The van der Waals surface area contributed by atoms with Gasteiger partial charge in [-0.15, -0.1) is 0 Å². The number of nitrogens with zero attached hydrogens (tertiary/aromatic N) is 1. The maximum absolute atomic E-state index is 12.0. The van der Waals surface area contributed by atoms with E-state index in [-0.39, 0.29) is 5.97 Å². The molecule has 0 bridgehead atoms. The SMILES string of the molecule is CCn1cc(N)cc1C(=O)OCCc1ccc(OC)cc1. The molecule has 21 heavy (non-hydrogen) atoms. The molecule has 112 valence electrons. The number of carbonyl (C=O) groups is 1. The highest BCUT2D eigenvalue weighted by Crippen LogP contribution is 2.13. The van der Waals surface area contributed by atoms with Gasteiger partial charge in [-0.25, -0.2) is 4.79 Å². The molecule has 0 aliphatic heterocycles. The van der Waals surface area contributed by atoms with Crippen LogP contribution < -0.4 is 10.5 Å². The predicted octanol–water partition coefficient (Wildman–Crippen LogP) is 2.50. The first kappa shape index (κ1) is 15.0. The summed E-state index contributed by atoms with van der Waals surface area (Å²) >= 11 is 0. The Labute approximate surface area is 124 Å². The third-order valence-electron chi connectivity index (χ3n) is 3.25. The molecule has 0 atom stereocenters. The van der Waals surface area contributed by atoms with Crippen LogP contribution in [0.5, 0.6) is 5.75 Å². The Hall–Kier alpha value is -2.43. The zero-order valence-corrected chi connectivity index (χ0v) is 12.3. The van der Waals surface area contributed by atoms with Crippen LogP contribution in [0.4, 0.5) is 5.69 Å². The van der Waals surface area contributed by atoms with Gasteiger partial charge in [-0.3, -0.25) is 0 Å². The Morgan fingerprint density at radius 3 is 2.62 bits per heavy atom. The molecule has 5 heteroatoms. The summed E-state index contributed by atoms with van der Waals surface area (Å²) in [7, 11) is 1.63. The fourth-order valence-electron chi connectivity index (χ4n) is 2.09. The lowest BCUT2D eigenvalue weighted by atomic mass is 10.1. The minimum Gasteiger partial charge on any atom is -0.497 e. The monoisotopic (exact) mass is 288 g/mol. The largest absolute Gasteiger partial charge is 0.497 e. The summed E-state index contributed by atoms with van der Waals surface area (Å²) in [5.41, 5.74) is 7.85. The molecule has 0 radical (unpaired) electrons. The number of aryl methyl sites for hydroxylation is 1. The zero-order chi connectivity index (χ0) is 15.2. The lowest BCUT2D eigenvalue weighted by molar-refractivity contribution is 0.0497. The summed E-state index contributed by atoms with van der Waals surface area (Å²) in [4.78, 5) is 12.0. The third kappa shape index (κ3) is 3.78. The van der Waals surface area contributed by atoms with Gasteiger partial charge < -0.3 is 19.8 Å². The Balaban J connectivity index is 1.88. The highest BCUT2D eigenvalue weighted by molar-refractivity contribution is 5.89. The minimum absolute atomic E-state index is 0.333. The molecule has 5 nitrogen and oxygen atoms in total. The van der Waals surface area contributed by atoms with Crippen molar-refractivity contribution in [2.24, 2.45) is 0 Å². The number of hydrogen-bond donors (Lipinski definition) is 1. The molecule has 0 aliphatic rings. The molecule has 0 aliphatic carbocycles. The van der Waals surface area contributed by atoms with Gasteiger partial charge in [0, 0.05) is 19.2 Å². The summed E-state index contributed by atoms with van der Waals surface area (Å²) < 4.78 is 12.2. The fourth-order valence-corrected chi connectivity index (χ4v) is 2.09. The van der Waals surface area contributed by atoms with Crippen molar-refractivity contribution in [3.8, 4) is 5.75 Å². The van der Waals surface area contributed by atoms with Crippen molar-refractivity contribution in [1.82, 2.24) is 4.57 Å². The van der Waals surface area contributed by atoms with E-state index in [0.717, 1.165) is 11.3 Å². The van der Waals surface area contributed by atoms with Crippen LogP contribution in [0.15, 0.2) is 36.5 Å². The van der Waals surface area contributed by atoms with Crippen LogP contribution in [-0.4, -0.2) is 24.3 Å². The number of rotatable bonds is 6. The van der Waals surface area contributed by atoms with E-state index in [1.54, 1.807) is 23.9 Å². The predicted molar refractivity (Wildman–Crippen MR) is 81.5 cm³/mol. The molecule has 1 heterocycles. The van der Waals surface area contributed by atoms with Crippen LogP contribution in [0.3, 0.4) is 0 Å². The van der Waals surface area contributed by atoms with Crippen molar-refractivity contribution in [2.75, 3.05) is 19.5 Å². The molecular formula is C16H20N2O3. The average Bonchev–Trinajstić information content (AvgIpc) is 2.89. The van der Waals surface area contributed by atoms with Gasteiger partial charge in [-0.05, 0) is 30.7 Å². The van der Waals surface area contributed by atoms with E-state index in [9.17, 15) is 4.79 Å². The number of ether oxygens (including phenoxy) is 2. The maximum Gasteiger partial charge on any atom is 0.355 e. The smallest absolute Gasteiger partial charge is 0.355 e. The third-order valence-corrected chi connectivity index (χ3v) is 3.25. The molecule has 0 spiro atoms. The van der Waals surface area contributed by atoms with Gasteiger partial charge in [0.15, 0.2) is 0 Å². The zero-order valence-electron chi connectivity index (χ0n) is 12.3. The van der Waals surface area contributed by atoms with Crippen LogP contribution in [0, 0.1) is 0 Å². The Kier molecular flexibility index (Phi) is 4.87. The van der Waals surface area contributed by atoms with Gasteiger partial charge in [0.05, 0.1) is 19.4 Å². The molecule has 0 fully saturated rings. The topological polar surface area (TPSA) is 66.5 Å². The highest BCUT2D eigenvalue weighted by atomic mass is 16.5. The molecule has 2 aromatic rings. The molecule has 2 N–H and O–H groups in total. The summed E-state index contributed by atoms with van der Waals surface area (Å²) in [5, 5.41) is 0. The molecule has 0 saturated heterocycles. The van der Waals surface area contributed by atoms with Crippen molar-refractivity contribution in [3.05, 3.63) is 47.8 Å². The second-order valence-corrected chi connectivity index (χ2v) is 4.68. The molecule has 1 aromatic carbocycles. The van der Waals surface area contributed by atoms with Gasteiger partial charge in [0.1, 0.15) is 11.4 Å². The number of hydrogen-bond acceptors (Lipinski definition) is 4. The fraction of sp³-hybridized carbons (Fsp3) is 0.312. The number of carbonyl (C=O) groups excluding carboxylic acids is 1. The summed E-state index contributed by atoms with van der Waals surface area (Å²) in [5.74, 6) is 0.467. The summed E-state index contributed by atoms with van der Waals surface area (Å²) in [6.07, 6.45) is 2.40. The number of nitrogen functional groups attached to an aromatic ring is 1. The standard InChI is InChI=1S/C16H20N2O3/c1-3-18-11-13(17)10-15(18)16(19)21-9-8-12-4-6-14(20-2)7-5-12/h4-7,10-11H,3,8-9,17H2,1-2H3. The van der Waals surface area contributed by atoms with Crippen LogP contribution in [0.1, 0.15) is 23.0 Å². The van der Waals surface area contributed by atoms with E-state index in [1.165, 1.54) is 0 Å². The molecule has 0 unspecified atom stereocenters. The first-order valence-corrected chi connectivity index (χ1v) is 6.89. The van der Waals surface area contributed by atoms with Gasteiger partial charge >= 0.3 is 5.97 Å². The number of aromatic nitrogens is 1. The molecular weight excluding hydrogens is 268 g/mol. The molecule has 0 saturated carbocycles. The van der Waals surface area contributed by atoms with Crippen molar-refractivity contribution in [3.63, 3.8) is 0 Å². The number of esters is 1. The van der Waals surface area contributed by atoms with E-state index < -0.39 is 0 Å². The summed E-state index contributed by atoms with van der Waals surface area (Å²) in [6, 6.07) is 9.33. The van der Waals surface area contributed by atoms with Crippen LogP contribution in [-0.2, 0) is 17.7 Å². The second kappa shape index (κ2) is 6.83. The molecule has 2 rings (SSSR count). The lowest BCUT2D eigenvalue weighted by Crippen LogP contribution is -2.12. The quantitative estimate of drug-likeness (QED) is 0.829. The first-order chi connectivity index (χ1) is 10.1. The van der Waals surface area contributed by atoms with Crippen molar-refractivity contribution in [1.29, 1.82) is 0 Å². The molecule has 0 amide bonds. The van der Waals surface area contributed by atoms with Crippen molar-refractivity contribution >= 4 is 11.7 Å². The normalized spacial score (nSPS) is 10.4. The average molecular weight is 288 g/mol. The number of methoxy groups -OCH3 is 1. The number of nitrogens with two attached hydrogens (primary N) is 1. The van der Waals surface area contributed by atoms with Crippen LogP contribution >= 0.6 is 0 Å². The van der Waals surface area contributed by atoms with E-state index in [1.807, 2.05) is 31.2 Å². The van der Waals surface area contributed by atoms with Gasteiger partial charge in [0.2, 0.25) is 0 Å². The number of anilines is 1. The highest BCUT2D eigenvalue weighted by Gasteiger charge is 2.13. The van der Waals surface area contributed by atoms with Crippen LogP contribution in [0.25, 0.3) is 0 Å². The van der Waals surface area contributed by atoms with Crippen LogP contribution in [0.2, 0.25) is 0 Å². The number of benzene rings is 1. The summed E-state index contributed by atoms with van der Waals surface area (Å²) in [6.45, 7) is 2.97. The second-order valence-electron chi connectivity index (χ2n) is 4.68. The van der Waals surface area contributed by atoms with Crippen molar-refractivity contribution in [2.45, 2.75) is 19.9 Å². The van der Waals surface area contributed by atoms with Gasteiger partial charge in [0.25, 0.3) is 0 Å². The van der Waals surface area contributed by atoms with E-state index in [2.05, 4.69) is 0 Å². The Morgan fingerprint density at radius 1 is 1.29 bits per heavy atom. The van der Waals surface area contributed by atoms with E-state index in [0.29, 0.717) is 31.0 Å². The molecule has 1 aromatic heterocycles. The Morgan fingerprint density at radius 2 is 2.00 bits per heavy atom. The van der Waals surface area contributed by atoms with Gasteiger partial charge in [-0.2, -0.15) is 0 Å². The van der Waals surface area contributed by atoms with E-state index >= 15 is 0 Å². The van der Waals surface area contributed by atoms with Gasteiger partial charge in [-0.1, -0.05) is 12.1 Å². The van der Waals surface area contributed by atoms with Crippen molar-refractivity contribution < 1.29 is 14.3 Å². The minimum atomic E-state index is -0.345. The van der Waals surface area contributed by atoms with E-state index in [4.69, 9.17) is 15.2 Å². The Bertz CT molecular complexity index is 602. The maximum atomic E-state index is 12.0. The lowest BCUT2D eigenvalue weighted by Gasteiger charge is -2.07.